The molecule has 0 aliphatic carbocycles. The zero-order chi connectivity index (χ0) is 14.7. The van der Waals surface area contributed by atoms with Crippen LogP contribution in [0.25, 0.3) is 0 Å². The topological polar surface area (TPSA) is 63.8 Å². The highest BCUT2D eigenvalue weighted by atomic mass is 19.1. The number of carbonyl (C=O) groups excluding carboxylic acids is 1. The number of hydrogen-bond donors (Lipinski definition) is 1. The average Bonchev–Trinajstić information content (AvgIpc) is 3.17. The van der Waals surface area contributed by atoms with Crippen molar-refractivity contribution < 1.29 is 18.4 Å². The van der Waals surface area contributed by atoms with Crippen LogP contribution in [0.2, 0.25) is 0 Å². The molecule has 1 atom stereocenters. The number of rotatable bonds is 4. The van der Waals surface area contributed by atoms with Crippen LogP contribution in [0.5, 0.6) is 0 Å². The van der Waals surface area contributed by atoms with E-state index in [1.807, 2.05) is 0 Å². The predicted molar refractivity (Wildman–Crippen MR) is 73.0 cm³/mol. The van der Waals surface area contributed by atoms with E-state index in [-0.39, 0.29) is 11.7 Å². The van der Waals surface area contributed by atoms with Crippen LogP contribution in [-0.4, -0.2) is 17.7 Å². The Balaban J connectivity index is 1.55. The molecule has 2 heterocycles. The molecule has 3 rings (SSSR count). The van der Waals surface area contributed by atoms with Crippen molar-refractivity contribution in [3.63, 3.8) is 0 Å². The molecule has 108 valence electrons. The van der Waals surface area contributed by atoms with E-state index in [4.69, 9.17) is 9.25 Å². The quantitative estimate of drug-likeness (QED) is 0.938. The number of hydrogen-bond acceptors (Lipinski definition) is 4. The van der Waals surface area contributed by atoms with Crippen LogP contribution >= 0.6 is 0 Å². The van der Waals surface area contributed by atoms with Gasteiger partial charge < -0.3 is 14.6 Å². The first-order chi connectivity index (χ1) is 10.2. The van der Waals surface area contributed by atoms with Crippen LogP contribution in [-0.2, 0) is 16.2 Å². The summed E-state index contributed by atoms with van der Waals surface area (Å²) in [7, 11) is 0. The second-order valence-corrected chi connectivity index (χ2v) is 4.64. The molecule has 0 saturated heterocycles. The lowest BCUT2D eigenvalue weighted by Gasteiger charge is -2.08. The third-order valence-electron chi connectivity index (χ3n) is 3.16. The predicted octanol–water partition coefficient (Wildman–Crippen LogP) is 2.23. The van der Waals surface area contributed by atoms with Gasteiger partial charge in [-0.15, -0.1) is 0 Å². The van der Waals surface area contributed by atoms with Crippen molar-refractivity contribution in [2.75, 3.05) is 0 Å². The molecular weight excluding hydrogens is 275 g/mol. The number of furan rings is 1. The first kappa shape index (κ1) is 13.4. The van der Waals surface area contributed by atoms with Crippen LogP contribution in [0.3, 0.4) is 0 Å². The van der Waals surface area contributed by atoms with Crippen molar-refractivity contribution in [1.29, 1.82) is 0 Å². The van der Waals surface area contributed by atoms with Gasteiger partial charge in [-0.05, 0) is 29.8 Å². The van der Waals surface area contributed by atoms with E-state index < -0.39 is 6.10 Å². The number of nitrogens with one attached hydrogen (secondary N) is 1. The summed E-state index contributed by atoms with van der Waals surface area (Å²) in [5.41, 5.74) is 1.38. The van der Waals surface area contributed by atoms with Crippen molar-refractivity contribution in [3.8, 4) is 0 Å². The van der Waals surface area contributed by atoms with E-state index in [0.717, 1.165) is 5.56 Å². The Labute approximate surface area is 120 Å². The molecule has 0 saturated carbocycles. The van der Waals surface area contributed by atoms with Crippen molar-refractivity contribution >= 4 is 11.6 Å². The molecule has 6 heteroatoms. The molecule has 1 N–H and O–H groups in total. The van der Waals surface area contributed by atoms with Crippen LogP contribution in [0.4, 0.5) is 4.39 Å². The normalized spacial score (nSPS) is 17.2. The first-order valence-corrected chi connectivity index (χ1v) is 6.51. The maximum Gasteiger partial charge on any atom is 0.264 e. The van der Waals surface area contributed by atoms with Gasteiger partial charge in [0, 0.05) is 6.42 Å². The molecule has 1 aliphatic heterocycles. The Morgan fingerprint density at radius 1 is 1.33 bits per heavy atom. The lowest BCUT2D eigenvalue weighted by molar-refractivity contribution is -0.131. The zero-order valence-corrected chi connectivity index (χ0v) is 11.1. The van der Waals surface area contributed by atoms with Gasteiger partial charge in [0.2, 0.25) is 6.10 Å². The Morgan fingerprint density at radius 3 is 2.86 bits per heavy atom. The van der Waals surface area contributed by atoms with E-state index in [1.54, 1.807) is 30.5 Å². The summed E-state index contributed by atoms with van der Waals surface area (Å²) >= 11 is 0. The van der Waals surface area contributed by atoms with E-state index in [2.05, 4.69) is 10.5 Å². The number of nitrogens with zero attached hydrogens (tertiary/aromatic N) is 1. The smallest absolute Gasteiger partial charge is 0.264 e. The van der Waals surface area contributed by atoms with E-state index in [9.17, 15) is 9.18 Å². The van der Waals surface area contributed by atoms with Gasteiger partial charge in [0.1, 0.15) is 11.6 Å². The minimum absolute atomic E-state index is 0.257. The molecule has 1 aromatic carbocycles. The van der Waals surface area contributed by atoms with Gasteiger partial charge in [-0.2, -0.15) is 0 Å². The van der Waals surface area contributed by atoms with Crippen LogP contribution in [0.15, 0.2) is 52.2 Å². The van der Waals surface area contributed by atoms with Gasteiger partial charge in [-0.1, -0.05) is 17.3 Å². The molecule has 0 radical (unpaired) electrons. The molecule has 1 aromatic heterocycles. The van der Waals surface area contributed by atoms with Crippen molar-refractivity contribution in [2.45, 2.75) is 19.1 Å². The Bertz CT molecular complexity index is 650. The molecule has 0 spiro atoms. The van der Waals surface area contributed by atoms with Gasteiger partial charge in [-0.25, -0.2) is 4.39 Å². The summed E-state index contributed by atoms with van der Waals surface area (Å²) in [5, 5.41) is 6.61. The fourth-order valence-corrected chi connectivity index (χ4v) is 2.03. The summed E-state index contributed by atoms with van der Waals surface area (Å²) in [6, 6.07) is 9.45. The maximum absolute atomic E-state index is 12.9. The van der Waals surface area contributed by atoms with Crippen LogP contribution in [0.1, 0.15) is 17.7 Å². The third kappa shape index (κ3) is 3.10. The molecule has 0 bridgehead atoms. The van der Waals surface area contributed by atoms with Gasteiger partial charge in [0.25, 0.3) is 5.91 Å². The van der Waals surface area contributed by atoms with Crippen LogP contribution in [0, 0.1) is 5.82 Å². The fourth-order valence-electron chi connectivity index (χ4n) is 2.03. The molecule has 0 unspecified atom stereocenters. The molecule has 1 aliphatic rings. The van der Waals surface area contributed by atoms with Gasteiger partial charge in [0.05, 0.1) is 18.5 Å². The van der Waals surface area contributed by atoms with Crippen molar-refractivity contribution in [1.82, 2.24) is 5.32 Å². The van der Waals surface area contributed by atoms with E-state index in [1.165, 1.54) is 12.1 Å². The monoisotopic (exact) mass is 288 g/mol. The summed E-state index contributed by atoms with van der Waals surface area (Å²) in [6.45, 7) is 0.303. The first-order valence-electron chi connectivity index (χ1n) is 6.51. The third-order valence-corrected chi connectivity index (χ3v) is 3.16. The van der Waals surface area contributed by atoms with Gasteiger partial charge in [-0.3, -0.25) is 4.79 Å². The highest BCUT2D eigenvalue weighted by Crippen LogP contribution is 2.17. The second kappa shape index (κ2) is 5.78. The molecule has 1 amide bonds. The number of carbonyl (C=O) groups is 1. The number of halogens is 1. The Morgan fingerprint density at radius 2 is 2.14 bits per heavy atom. The summed E-state index contributed by atoms with van der Waals surface area (Å²) < 4.78 is 18.0. The largest absolute Gasteiger partial charge is 0.467 e. The molecular formula is C15H13FN2O3. The van der Waals surface area contributed by atoms with E-state index in [0.29, 0.717) is 24.4 Å². The fraction of sp³-hybridized carbons (Fsp3) is 0.200. The second-order valence-electron chi connectivity index (χ2n) is 4.64. The minimum Gasteiger partial charge on any atom is -0.467 e. The standard InChI is InChI=1S/C15H13FN2O3/c16-11-5-3-10(4-6-11)13-8-14(21-18-13)15(19)17-9-12-2-1-7-20-12/h1-7,14H,8-9H2,(H,17,19)/t14-/m0/s1. The maximum atomic E-state index is 12.9. The lowest BCUT2D eigenvalue weighted by Crippen LogP contribution is -2.34. The molecule has 0 fully saturated rings. The highest BCUT2D eigenvalue weighted by Gasteiger charge is 2.28. The summed E-state index contributed by atoms with van der Waals surface area (Å²) in [6.07, 6.45) is 1.24. The average molecular weight is 288 g/mol. The summed E-state index contributed by atoms with van der Waals surface area (Å²) in [4.78, 5) is 17.1. The van der Waals surface area contributed by atoms with Crippen molar-refractivity contribution in [2.24, 2.45) is 5.16 Å². The number of oxime groups is 1. The van der Waals surface area contributed by atoms with Crippen LogP contribution < -0.4 is 5.32 Å². The highest BCUT2D eigenvalue weighted by molar-refractivity contribution is 6.04. The van der Waals surface area contributed by atoms with E-state index >= 15 is 0 Å². The lowest BCUT2D eigenvalue weighted by atomic mass is 10.0. The minimum atomic E-state index is -0.667. The molecule has 5 nitrogen and oxygen atoms in total. The van der Waals surface area contributed by atoms with Gasteiger partial charge >= 0.3 is 0 Å². The molecule has 21 heavy (non-hydrogen) atoms. The number of benzene rings is 1. The zero-order valence-electron chi connectivity index (χ0n) is 11.1. The van der Waals surface area contributed by atoms with Crippen molar-refractivity contribution in [3.05, 3.63) is 59.8 Å². The SMILES string of the molecule is O=C(NCc1ccco1)[C@@H]1CC(c2ccc(F)cc2)=NO1. The Hall–Kier alpha value is -2.63. The van der Waals surface area contributed by atoms with Gasteiger partial charge in [0.15, 0.2) is 0 Å². The Kier molecular flexibility index (Phi) is 3.68. The molecule has 2 aromatic rings. The number of amides is 1. The summed E-state index contributed by atoms with van der Waals surface area (Å²) in [5.74, 6) is 0.0966.